The first-order chi connectivity index (χ1) is 29.0. The third-order valence-corrected chi connectivity index (χ3v) is 12.8. The summed E-state index contributed by atoms with van der Waals surface area (Å²) in [6, 6.07) is 73.2. The van der Waals surface area contributed by atoms with E-state index in [-0.39, 0.29) is 5.41 Å². The molecule has 0 saturated heterocycles. The maximum atomic E-state index is 6.40. The summed E-state index contributed by atoms with van der Waals surface area (Å²) in [7, 11) is 0. The Balaban J connectivity index is 1.07. The highest BCUT2D eigenvalue weighted by atomic mass is 16.3. The number of rotatable bonds is 5. The molecule has 0 atom stereocenters. The number of fused-ring (bicyclic) bond motifs is 13. The van der Waals surface area contributed by atoms with Gasteiger partial charge in [-0.15, -0.1) is 0 Å². The van der Waals surface area contributed by atoms with Gasteiger partial charge >= 0.3 is 0 Å². The Labute approximate surface area is 343 Å². The fraction of sp³-hybridized carbons (Fsp3) is 0.0526. The van der Waals surface area contributed by atoms with E-state index in [0.717, 1.165) is 33.6 Å². The van der Waals surface area contributed by atoms with E-state index in [9.17, 15) is 0 Å². The van der Waals surface area contributed by atoms with Crippen molar-refractivity contribution in [2.45, 2.75) is 19.3 Å². The lowest BCUT2D eigenvalue weighted by Crippen LogP contribution is -2.16. The first kappa shape index (κ1) is 33.7. The summed E-state index contributed by atoms with van der Waals surface area (Å²) in [6.45, 7) is 4.71. The number of nitrogens with zero attached hydrogens (tertiary/aromatic N) is 1. The summed E-state index contributed by atoms with van der Waals surface area (Å²) in [6.07, 6.45) is 0. The molecule has 2 nitrogen and oxygen atoms in total. The van der Waals surface area contributed by atoms with E-state index in [0.29, 0.717) is 0 Å². The molecule has 1 aliphatic rings. The number of hydrogen-bond acceptors (Lipinski definition) is 2. The Kier molecular flexibility index (Phi) is 7.31. The van der Waals surface area contributed by atoms with Crippen LogP contribution in [0.1, 0.15) is 25.0 Å². The third-order valence-electron chi connectivity index (χ3n) is 12.8. The van der Waals surface area contributed by atoms with Crippen molar-refractivity contribution in [2.24, 2.45) is 0 Å². The fourth-order valence-corrected chi connectivity index (χ4v) is 10.1. The number of furan rings is 1. The van der Waals surface area contributed by atoms with Crippen molar-refractivity contribution in [2.75, 3.05) is 4.90 Å². The van der Waals surface area contributed by atoms with Gasteiger partial charge in [0.2, 0.25) is 0 Å². The summed E-state index contributed by atoms with van der Waals surface area (Å²) in [4.78, 5) is 2.43. The summed E-state index contributed by atoms with van der Waals surface area (Å²) in [5.74, 6) is 0. The van der Waals surface area contributed by atoms with Gasteiger partial charge in [0.1, 0.15) is 11.2 Å². The van der Waals surface area contributed by atoms with Crippen LogP contribution in [0.25, 0.3) is 87.6 Å². The van der Waals surface area contributed by atoms with Gasteiger partial charge in [-0.25, -0.2) is 0 Å². The quantitative estimate of drug-likeness (QED) is 0.163. The Morgan fingerprint density at radius 2 is 0.915 bits per heavy atom. The summed E-state index contributed by atoms with van der Waals surface area (Å²) in [5.41, 5.74) is 15.3. The van der Waals surface area contributed by atoms with E-state index in [1.165, 1.54) is 82.2 Å². The van der Waals surface area contributed by atoms with Gasteiger partial charge < -0.3 is 9.32 Å². The summed E-state index contributed by atoms with van der Waals surface area (Å²) in [5, 5.41) is 9.78. The SMILES string of the molecule is CC1(C)c2ccccc2-c2ccc(N(c3ccc(-c4ccccc4)cc3)c3cccc(-c4cccc5c6ccc7oc8ccccc8c7c6c6ccccc6c45)c3)cc21. The minimum Gasteiger partial charge on any atom is -0.456 e. The maximum absolute atomic E-state index is 6.40. The van der Waals surface area contributed by atoms with Crippen molar-refractivity contribution in [3.8, 4) is 33.4 Å². The molecule has 11 aromatic rings. The zero-order valence-electron chi connectivity index (χ0n) is 32.9. The van der Waals surface area contributed by atoms with Crippen molar-refractivity contribution < 1.29 is 4.42 Å². The monoisotopic (exact) mass is 753 g/mol. The topological polar surface area (TPSA) is 16.4 Å². The molecule has 0 aliphatic heterocycles. The van der Waals surface area contributed by atoms with Crippen LogP contribution >= 0.6 is 0 Å². The second-order valence-corrected chi connectivity index (χ2v) is 16.4. The first-order valence-corrected chi connectivity index (χ1v) is 20.5. The van der Waals surface area contributed by atoms with Crippen LogP contribution in [0.3, 0.4) is 0 Å². The largest absolute Gasteiger partial charge is 0.456 e. The number of para-hydroxylation sites is 1. The van der Waals surface area contributed by atoms with Gasteiger partial charge in [-0.3, -0.25) is 0 Å². The molecule has 0 fully saturated rings. The van der Waals surface area contributed by atoms with Gasteiger partial charge in [0, 0.05) is 38.6 Å². The van der Waals surface area contributed by atoms with Crippen LogP contribution in [-0.4, -0.2) is 0 Å². The average Bonchev–Trinajstić information content (AvgIpc) is 3.78. The van der Waals surface area contributed by atoms with Crippen LogP contribution in [-0.2, 0) is 5.41 Å². The highest BCUT2D eigenvalue weighted by molar-refractivity contribution is 6.36. The number of anilines is 3. The van der Waals surface area contributed by atoms with Crippen LogP contribution < -0.4 is 4.90 Å². The second kappa shape index (κ2) is 12.8. The van der Waals surface area contributed by atoms with Gasteiger partial charge in [-0.1, -0.05) is 159 Å². The maximum Gasteiger partial charge on any atom is 0.136 e. The Morgan fingerprint density at radius 1 is 0.339 bits per heavy atom. The predicted molar refractivity (Wildman–Crippen MR) is 249 cm³/mol. The second-order valence-electron chi connectivity index (χ2n) is 16.4. The molecule has 0 unspecified atom stereocenters. The smallest absolute Gasteiger partial charge is 0.136 e. The lowest BCUT2D eigenvalue weighted by molar-refractivity contribution is 0.660. The van der Waals surface area contributed by atoms with Crippen LogP contribution in [0, 0.1) is 0 Å². The van der Waals surface area contributed by atoms with Gasteiger partial charge in [0.05, 0.1) is 0 Å². The number of benzene rings is 10. The molecule has 10 aromatic carbocycles. The van der Waals surface area contributed by atoms with Crippen molar-refractivity contribution >= 4 is 71.3 Å². The molecule has 0 N–H and O–H groups in total. The van der Waals surface area contributed by atoms with Crippen molar-refractivity contribution in [3.63, 3.8) is 0 Å². The molecule has 0 spiro atoms. The van der Waals surface area contributed by atoms with Crippen LogP contribution in [0.5, 0.6) is 0 Å². The molecular weight excluding hydrogens is 715 g/mol. The van der Waals surface area contributed by atoms with E-state index >= 15 is 0 Å². The molecular formula is C57H39NO. The molecule has 1 aromatic heterocycles. The molecule has 1 heterocycles. The van der Waals surface area contributed by atoms with Crippen molar-refractivity contribution in [1.82, 2.24) is 0 Å². The highest BCUT2D eigenvalue weighted by Gasteiger charge is 2.35. The van der Waals surface area contributed by atoms with E-state index < -0.39 is 0 Å². The van der Waals surface area contributed by atoms with Gasteiger partial charge in [-0.05, 0) is 126 Å². The molecule has 1 aliphatic carbocycles. The molecule has 0 saturated carbocycles. The Bertz CT molecular complexity index is 3430. The summed E-state index contributed by atoms with van der Waals surface area (Å²) >= 11 is 0. The minimum absolute atomic E-state index is 0.117. The summed E-state index contributed by atoms with van der Waals surface area (Å²) < 4.78 is 6.40. The highest BCUT2D eigenvalue weighted by Crippen LogP contribution is 2.51. The lowest BCUT2D eigenvalue weighted by Gasteiger charge is -2.28. The zero-order valence-corrected chi connectivity index (χ0v) is 32.9. The predicted octanol–water partition coefficient (Wildman–Crippen LogP) is 16.2. The zero-order chi connectivity index (χ0) is 39.2. The molecule has 0 radical (unpaired) electrons. The molecule has 2 heteroatoms. The third kappa shape index (κ3) is 5.06. The van der Waals surface area contributed by atoms with E-state index in [2.05, 4.69) is 213 Å². The van der Waals surface area contributed by atoms with Gasteiger partial charge in [0.15, 0.2) is 0 Å². The Hall–Kier alpha value is -7.42. The van der Waals surface area contributed by atoms with Gasteiger partial charge in [-0.2, -0.15) is 0 Å². The van der Waals surface area contributed by atoms with Crippen LogP contribution in [0.4, 0.5) is 17.1 Å². The minimum atomic E-state index is -0.117. The molecule has 12 rings (SSSR count). The lowest BCUT2D eigenvalue weighted by atomic mass is 9.82. The van der Waals surface area contributed by atoms with E-state index in [1.807, 2.05) is 6.07 Å². The average molecular weight is 754 g/mol. The fourth-order valence-electron chi connectivity index (χ4n) is 10.1. The van der Waals surface area contributed by atoms with Crippen LogP contribution in [0.15, 0.2) is 205 Å². The molecule has 0 amide bonds. The molecule has 59 heavy (non-hydrogen) atoms. The van der Waals surface area contributed by atoms with Crippen LogP contribution in [0.2, 0.25) is 0 Å². The first-order valence-electron chi connectivity index (χ1n) is 20.5. The standard InChI is InChI=1S/C57H39NO/c1-57(2)50-24-10-8-18-43(50)44-31-30-41(35-51(44)57)58(39-28-26-37(27-29-39)36-14-4-3-5-15-36)40-17-12-16-38(34-40)42-22-13-23-46-48-32-33-53-56(49-21-9-11-25-52(49)59-53)55(48)47-20-7-6-19-45(47)54(42)46/h3-35H,1-2H3. The molecule has 278 valence electrons. The van der Waals surface area contributed by atoms with E-state index in [1.54, 1.807) is 0 Å². The normalized spacial score (nSPS) is 13.1. The van der Waals surface area contributed by atoms with E-state index in [4.69, 9.17) is 4.42 Å². The van der Waals surface area contributed by atoms with Crippen molar-refractivity contribution in [3.05, 3.63) is 211 Å². The Morgan fingerprint density at radius 3 is 1.75 bits per heavy atom. The van der Waals surface area contributed by atoms with Gasteiger partial charge in [0.25, 0.3) is 0 Å². The van der Waals surface area contributed by atoms with Crippen molar-refractivity contribution in [1.29, 1.82) is 0 Å². The number of hydrogen-bond donors (Lipinski definition) is 0. The molecule has 0 bridgehead atoms.